The summed E-state index contributed by atoms with van der Waals surface area (Å²) in [6, 6.07) is 0. The second kappa shape index (κ2) is 3.09. The summed E-state index contributed by atoms with van der Waals surface area (Å²) in [5.74, 6) is 3.99. The van der Waals surface area contributed by atoms with Gasteiger partial charge in [0.1, 0.15) is 0 Å². The molecule has 58 valence electrons. The molecule has 0 saturated carbocycles. The number of carbonyl (C=O) groups is 2. The molecule has 0 aromatic rings. The average Bonchev–Trinajstić information content (AvgIpc) is 1.98. The quantitative estimate of drug-likeness (QED) is 0.302. The fourth-order valence-electron chi connectivity index (χ4n) is 0.632. The number of ketones is 2. The number of hydrazine groups is 1. The molecule has 0 atom stereocenters. The molecule has 0 aromatic heterocycles. The van der Waals surface area contributed by atoms with Gasteiger partial charge in [0.2, 0.25) is 5.78 Å². The van der Waals surface area contributed by atoms with Crippen LogP contribution in [0, 0.1) is 0 Å². The molecule has 0 radical (unpaired) electrons. The lowest BCUT2D eigenvalue weighted by Gasteiger charge is -2.05. The van der Waals surface area contributed by atoms with Gasteiger partial charge in [0.05, 0.1) is 0 Å². The van der Waals surface area contributed by atoms with Gasteiger partial charge in [-0.05, 0) is 12.2 Å². The Morgan fingerprint density at radius 3 is 2.73 bits per heavy atom. The second-order valence-electron chi connectivity index (χ2n) is 1.83. The van der Waals surface area contributed by atoms with Crippen molar-refractivity contribution in [3.05, 3.63) is 24.0 Å². The Morgan fingerprint density at radius 2 is 2.09 bits per heavy atom. The minimum Gasteiger partial charge on any atom is -0.390 e. The maximum Gasteiger partial charge on any atom is 0.223 e. The summed E-state index contributed by atoms with van der Waals surface area (Å²) in [4.78, 5) is 25.9. The van der Waals surface area contributed by atoms with Crippen molar-refractivity contribution < 1.29 is 14.4 Å². The van der Waals surface area contributed by atoms with Gasteiger partial charge in [0, 0.05) is 6.08 Å². The van der Waals surface area contributed by atoms with Crippen LogP contribution in [-0.4, -0.2) is 11.6 Å². The van der Waals surface area contributed by atoms with Gasteiger partial charge in [-0.3, -0.25) is 9.59 Å². The number of nitrogens with two attached hydrogens (primary N) is 1. The lowest BCUT2D eigenvalue weighted by molar-refractivity contribution is -0.118. The van der Waals surface area contributed by atoms with Crippen LogP contribution in [0.15, 0.2) is 24.0 Å². The van der Waals surface area contributed by atoms with Crippen LogP contribution >= 0.6 is 0 Å². The third kappa shape index (κ3) is 1.73. The minimum atomic E-state index is -0.387. The normalized spacial score (nSPS) is 16.6. The standard InChI is InChI=1S/C6H6N2O3/c7-8-11-6-3-4(9)1-2-5(6)10/h1-3,8H,7H2. The molecule has 1 aliphatic carbocycles. The first-order valence-electron chi connectivity index (χ1n) is 2.84. The van der Waals surface area contributed by atoms with Crippen molar-refractivity contribution >= 4 is 11.6 Å². The van der Waals surface area contributed by atoms with Crippen molar-refractivity contribution in [3.8, 4) is 0 Å². The predicted octanol–water partition coefficient (Wildman–Crippen LogP) is -1.03. The summed E-state index contributed by atoms with van der Waals surface area (Å²) >= 11 is 0. The molecule has 0 aromatic carbocycles. The first-order valence-corrected chi connectivity index (χ1v) is 2.84. The zero-order chi connectivity index (χ0) is 8.27. The van der Waals surface area contributed by atoms with Crippen LogP contribution in [0.3, 0.4) is 0 Å². The molecule has 1 aliphatic rings. The van der Waals surface area contributed by atoms with Gasteiger partial charge in [-0.1, -0.05) is 5.59 Å². The largest absolute Gasteiger partial charge is 0.390 e. The maximum absolute atomic E-state index is 10.8. The summed E-state index contributed by atoms with van der Waals surface area (Å²) in [5.41, 5.74) is 1.81. The van der Waals surface area contributed by atoms with Crippen LogP contribution < -0.4 is 11.4 Å². The Hall–Kier alpha value is -1.46. The number of hydrogen-bond donors (Lipinski definition) is 2. The zero-order valence-corrected chi connectivity index (χ0v) is 5.53. The molecule has 0 saturated heterocycles. The van der Waals surface area contributed by atoms with E-state index in [1.165, 1.54) is 0 Å². The highest BCUT2D eigenvalue weighted by Crippen LogP contribution is 2.03. The molecule has 1 rings (SSSR count). The Bertz CT molecular complexity index is 255. The molecule has 0 spiro atoms. The van der Waals surface area contributed by atoms with Crippen LogP contribution in [0.25, 0.3) is 0 Å². The van der Waals surface area contributed by atoms with Crippen LogP contribution in [-0.2, 0) is 14.4 Å². The van der Waals surface area contributed by atoms with Gasteiger partial charge in [0.15, 0.2) is 11.5 Å². The number of carbonyl (C=O) groups excluding carboxylic acids is 2. The van der Waals surface area contributed by atoms with Crippen molar-refractivity contribution in [3.63, 3.8) is 0 Å². The lowest BCUT2D eigenvalue weighted by atomic mass is 10.1. The minimum absolute atomic E-state index is 0.0972. The molecule has 0 amide bonds. The third-order valence-corrected chi connectivity index (χ3v) is 1.08. The summed E-state index contributed by atoms with van der Waals surface area (Å²) in [6.07, 6.45) is 3.34. The van der Waals surface area contributed by atoms with Crippen molar-refractivity contribution in [2.75, 3.05) is 0 Å². The van der Waals surface area contributed by atoms with E-state index in [0.29, 0.717) is 0 Å². The monoisotopic (exact) mass is 154 g/mol. The molecular weight excluding hydrogens is 148 g/mol. The van der Waals surface area contributed by atoms with Gasteiger partial charge >= 0.3 is 0 Å². The molecule has 5 heteroatoms. The summed E-state index contributed by atoms with van der Waals surface area (Å²) in [6.45, 7) is 0. The summed E-state index contributed by atoms with van der Waals surface area (Å²) < 4.78 is 0. The van der Waals surface area contributed by atoms with E-state index >= 15 is 0 Å². The first kappa shape index (κ1) is 7.64. The number of nitrogens with one attached hydrogen (secondary N) is 1. The first-order chi connectivity index (χ1) is 5.24. The van der Waals surface area contributed by atoms with Gasteiger partial charge < -0.3 is 4.84 Å². The van der Waals surface area contributed by atoms with Crippen molar-refractivity contribution in [2.45, 2.75) is 0 Å². The third-order valence-electron chi connectivity index (χ3n) is 1.08. The Morgan fingerprint density at radius 1 is 1.36 bits per heavy atom. The fourth-order valence-corrected chi connectivity index (χ4v) is 0.632. The highest BCUT2D eigenvalue weighted by Gasteiger charge is 2.13. The smallest absolute Gasteiger partial charge is 0.223 e. The molecule has 3 N–H and O–H groups in total. The Kier molecular flexibility index (Phi) is 2.15. The van der Waals surface area contributed by atoms with Gasteiger partial charge in [-0.15, -0.1) is 0 Å². The molecular formula is C6H6N2O3. The van der Waals surface area contributed by atoms with E-state index in [2.05, 4.69) is 4.84 Å². The molecule has 5 nitrogen and oxygen atoms in total. The topological polar surface area (TPSA) is 81.4 Å². The maximum atomic E-state index is 10.8. The molecule has 0 fully saturated rings. The van der Waals surface area contributed by atoms with E-state index in [-0.39, 0.29) is 17.3 Å². The van der Waals surface area contributed by atoms with Crippen molar-refractivity contribution in [2.24, 2.45) is 5.84 Å². The zero-order valence-electron chi connectivity index (χ0n) is 5.53. The van der Waals surface area contributed by atoms with Crippen LogP contribution in [0.2, 0.25) is 0 Å². The van der Waals surface area contributed by atoms with E-state index in [1.807, 2.05) is 5.59 Å². The Labute approximate surface area is 62.4 Å². The van der Waals surface area contributed by atoms with E-state index in [0.717, 1.165) is 18.2 Å². The molecule has 0 heterocycles. The van der Waals surface area contributed by atoms with Gasteiger partial charge in [-0.25, -0.2) is 5.84 Å². The van der Waals surface area contributed by atoms with Gasteiger partial charge in [0.25, 0.3) is 0 Å². The van der Waals surface area contributed by atoms with Crippen molar-refractivity contribution in [1.82, 2.24) is 5.59 Å². The van der Waals surface area contributed by atoms with E-state index in [9.17, 15) is 9.59 Å². The van der Waals surface area contributed by atoms with Gasteiger partial charge in [-0.2, -0.15) is 0 Å². The van der Waals surface area contributed by atoms with Crippen LogP contribution in [0.5, 0.6) is 0 Å². The molecule has 0 bridgehead atoms. The number of rotatable bonds is 2. The SMILES string of the molecule is NNOC1=CC(=O)C=CC1=O. The highest BCUT2D eigenvalue weighted by atomic mass is 16.7. The van der Waals surface area contributed by atoms with Crippen molar-refractivity contribution in [1.29, 1.82) is 0 Å². The summed E-state index contributed by atoms with van der Waals surface area (Å²) in [5, 5.41) is 0. The Balaban J connectivity index is 2.76. The molecule has 0 unspecified atom stereocenters. The van der Waals surface area contributed by atoms with Crippen LogP contribution in [0.1, 0.15) is 0 Å². The number of allylic oxidation sites excluding steroid dienone is 3. The molecule has 0 aliphatic heterocycles. The fraction of sp³-hybridized carbons (Fsp3) is 0. The second-order valence-corrected chi connectivity index (χ2v) is 1.83. The average molecular weight is 154 g/mol. The molecule has 11 heavy (non-hydrogen) atoms. The van der Waals surface area contributed by atoms with Crippen LogP contribution in [0.4, 0.5) is 0 Å². The number of hydrogen-bond acceptors (Lipinski definition) is 5. The lowest BCUT2D eigenvalue weighted by Crippen LogP contribution is -2.25. The highest BCUT2D eigenvalue weighted by molar-refractivity contribution is 6.16. The van der Waals surface area contributed by atoms with E-state index < -0.39 is 0 Å². The summed E-state index contributed by atoms with van der Waals surface area (Å²) in [7, 11) is 0. The predicted molar refractivity (Wildman–Crippen MR) is 35.6 cm³/mol. The van der Waals surface area contributed by atoms with E-state index in [4.69, 9.17) is 5.84 Å². The van der Waals surface area contributed by atoms with E-state index in [1.54, 1.807) is 0 Å².